The summed E-state index contributed by atoms with van der Waals surface area (Å²) in [7, 11) is 0. The van der Waals surface area contributed by atoms with Gasteiger partial charge in [-0.15, -0.1) is 0 Å². The molecule has 0 bridgehead atoms. The number of hydrogen-bond acceptors (Lipinski definition) is 4. The van der Waals surface area contributed by atoms with E-state index in [1.54, 1.807) is 0 Å². The fourth-order valence-electron chi connectivity index (χ4n) is 2.07. The number of amides is 1. The van der Waals surface area contributed by atoms with Crippen molar-refractivity contribution in [3.05, 3.63) is 18.0 Å². The van der Waals surface area contributed by atoms with Crippen LogP contribution < -0.4 is 5.32 Å². The van der Waals surface area contributed by atoms with Crippen molar-refractivity contribution in [1.29, 1.82) is 0 Å². The van der Waals surface area contributed by atoms with Crippen molar-refractivity contribution in [2.45, 2.75) is 31.7 Å². The van der Waals surface area contributed by atoms with Crippen LogP contribution >= 0.6 is 0 Å². The van der Waals surface area contributed by atoms with Crippen molar-refractivity contribution in [1.82, 2.24) is 10.5 Å². The minimum Gasteiger partial charge on any atom is -0.481 e. The van der Waals surface area contributed by atoms with Gasteiger partial charge < -0.3 is 14.9 Å². The lowest BCUT2D eigenvalue weighted by Crippen LogP contribution is -2.38. The number of carbonyl (C=O) groups is 2. The van der Waals surface area contributed by atoms with E-state index in [0.29, 0.717) is 25.7 Å². The molecule has 1 heterocycles. The Kier molecular flexibility index (Phi) is 3.41. The quantitative estimate of drug-likeness (QED) is 0.821. The van der Waals surface area contributed by atoms with E-state index in [1.165, 1.54) is 12.3 Å². The molecule has 1 saturated carbocycles. The third-order valence-corrected chi connectivity index (χ3v) is 3.08. The molecule has 17 heavy (non-hydrogen) atoms. The maximum Gasteiger partial charge on any atom is 0.306 e. The topological polar surface area (TPSA) is 92.4 Å². The SMILES string of the molecule is O=C(N[C@H]1CC[C@@H](C(=O)O)CC1)c1ccon1. The van der Waals surface area contributed by atoms with Gasteiger partial charge >= 0.3 is 5.97 Å². The summed E-state index contributed by atoms with van der Waals surface area (Å²) in [5.41, 5.74) is 0.255. The predicted molar refractivity (Wildman–Crippen MR) is 57.4 cm³/mol. The van der Waals surface area contributed by atoms with Crippen molar-refractivity contribution in [2.24, 2.45) is 5.92 Å². The summed E-state index contributed by atoms with van der Waals surface area (Å²) in [6.07, 6.45) is 3.95. The first-order valence-electron chi connectivity index (χ1n) is 5.61. The minimum atomic E-state index is -0.744. The Morgan fingerprint density at radius 3 is 2.59 bits per heavy atom. The summed E-state index contributed by atoms with van der Waals surface area (Å²) >= 11 is 0. The predicted octanol–water partition coefficient (Wildman–Crippen LogP) is 1.05. The van der Waals surface area contributed by atoms with Crippen molar-refractivity contribution in [3.8, 4) is 0 Å². The number of rotatable bonds is 3. The molecule has 0 spiro atoms. The molecule has 0 aromatic carbocycles. The van der Waals surface area contributed by atoms with Gasteiger partial charge in [-0.1, -0.05) is 5.16 Å². The van der Waals surface area contributed by atoms with Gasteiger partial charge in [-0.2, -0.15) is 0 Å². The largest absolute Gasteiger partial charge is 0.481 e. The van der Waals surface area contributed by atoms with Crippen LogP contribution in [0.4, 0.5) is 0 Å². The van der Waals surface area contributed by atoms with Gasteiger partial charge in [-0.3, -0.25) is 9.59 Å². The highest BCUT2D eigenvalue weighted by atomic mass is 16.5. The van der Waals surface area contributed by atoms with Crippen molar-refractivity contribution in [2.75, 3.05) is 0 Å². The summed E-state index contributed by atoms with van der Waals surface area (Å²) in [4.78, 5) is 22.4. The lowest BCUT2D eigenvalue weighted by Gasteiger charge is -2.26. The molecule has 1 aliphatic carbocycles. The summed E-state index contributed by atoms with van der Waals surface area (Å²) < 4.78 is 4.58. The van der Waals surface area contributed by atoms with Crippen LogP contribution in [-0.2, 0) is 4.79 Å². The molecule has 0 aliphatic heterocycles. The smallest absolute Gasteiger partial charge is 0.306 e. The van der Waals surface area contributed by atoms with Crippen LogP contribution in [0.5, 0.6) is 0 Å². The number of nitrogens with zero attached hydrogens (tertiary/aromatic N) is 1. The highest BCUT2D eigenvalue weighted by molar-refractivity contribution is 5.92. The van der Waals surface area contributed by atoms with Crippen molar-refractivity contribution >= 4 is 11.9 Å². The average Bonchev–Trinajstić information content (AvgIpc) is 2.83. The van der Waals surface area contributed by atoms with Gasteiger partial charge in [-0.25, -0.2) is 0 Å². The van der Waals surface area contributed by atoms with Crippen LogP contribution in [0.2, 0.25) is 0 Å². The number of hydrogen-bond donors (Lipinski definition) is 2. The second kappa shape index (κ2) is 4.99. The standard InChI is InChI=1S/C11H14N2O4/c14-10(9-5-6-17-13-9)12-8-3-1-7(2-4-8)11(15)16/h5-8H,1-4H2,(H,12,14)(H,15,16)/t7-,8+. The summed E-state index contributed by atoms with van der Waals surface area (Å²) in [6, 6.07) is 1.54. The van der Waals surface area contributed by atoms with Crippen LogP contribution in [0.25, 0.3) is 0 Å². The maximum absolute atomic E-state index is 11.6. The minimum absolute atomic E-state index is 0.0369. The molecule has 2 N–H and O–H groups in total. The molecule has 6 heteroatoms. The molecule has 1 aliphatic rings. The average molecular weight is 238 g/mol. The van der Waals surface area contributed by atoms with E-state index in [0.717, 1.165) is 0 Å². The maximum atomic E-state index is 11.6. The molecule has 1 fully saturated rings. The number of nitrogens with one attached hydrogen (secondary N) is 1. The fourth-order valence-corrected chi connectivity index (χ4v) is 2.07. The number of aliphatic carboxylic acids is 1. The lowest BCUT2D eigenvalue weighted by molar-refractivity contribution is -0.142. The van der Waals surface area contributed by atoms with Gasteiger partial charge in [0, 0.05) is 12.1 Å². The molecular formula is C11H14N2O4. The number of carbonyl (C=O) groups excluding carboxylic acids is 1. The van der Waals surface area contributed by atoms with Gasteiger partial charge in [0.25, 0.3) is 5.91 Å². The van der Waals surface area contributed by atoms with E-state index in [-0.39, 0.29) is 23.6 Å². The van der Waals surface area contributed by atoms with Gasteiger partial charge in [0.15, 0.2) is 5.69 Å². The molecule has 6 nitrogen and oxygen atoms in total. The second-order valence-corrected chi connectivity index (χ2v) is 4.24. The molecule has 92 valence electrons. The highest BCUT2D eigenvalue weighted by Crippen LogP contribution is 2.24. The molecule has 1 aromatic heterocycles. The Bertz CT molecular complexity index is 394. The zero-order valence-electron chi connectivity index (χ0n) is 9.26. The third kappa shape index (κ3) is 2.83. The molecule has 0 unspecified atom stereocenters. The fraction of sp³-hybridized carbons (Fsp3) is 0.545. The highest BCUT2D eigenvalue weighted by Gasteiger charge is 2.27. The Balaban J connectivity index is 1.82. The Morgan fingerprint density at radius 1 is 1.35 bits per heavy atom. The Hall–Kier alpha value is -1.85. The van der Waals surface area contributed by atoms with Gasteiger partial charge in [0.05, 0.1) is 5.92 Å². The molecular weight excluding hydrogens is 224 g/mol. The van der Waals surface area contributed by atoms with Gasteiger partial charge in [0.1, 0.15) is 6.26 Å². The van der Waals surface area contributed by atoms with Gasteiger partial charge in [-0.05, 0) is 25.7 Å². The normalized spacial score (nSPS) is 24.2. The number of carboxylic acid groups (broad SMARTS) is 1. The first-order chi connectivity index (χ1) is 8.16. The van der Waals surface area contributed by atoms with E-state index < -0.39 is 5.97 Å². The molecule has 2 rings (SSSR count). The van der Waals surface area contributed by atoms with E-state index in [1.807, 2.05) is 0 Å². The summed E-state index contributed by atoms with van der Waals surface area (Å²) in [5.74, 6) is -1.28. The van der Waals surface area contributed by atoms with Crippen LogP contribution in [-0.4, -0.2) is 28.2 Å². The van der Waals surface area contributed by atoms with Crippen LogP contribution in [0, 0.1) is 5.92 Å². The van der Waals surface area contributed by atoms with E-state index in [4.69, 9.17) is 5.11 Å². The molecule has 1 amide bonds. The van der Waals surface area contributed by atoms with E-state index in [2.05, 4.69) is 15.0 Å². The zero-order chi connectivity index (χ0) is 12.3. The summed E-state index contributed by atoms with van der Waals surface area (Å²) in [5, 5.41) is 15.2. The van der Waals surface area contributed by atoms with E-state index >= 15 is 0 Å². The molecule has 0 saturated heterocycles. The molecule has 1 aromatic rings. The zero-order valence-corrected chi connectivity index (χ0v) is 9.26. The monoisotopic (exact) mass is 238 g/mol. The third-order valence-electron chi connectivity index (χ3n) is 3.08. The van der Waals surface area contributed by atoms with Crippen LogP contribution in [0.3, 0.4) is 0 Å². The van der Waals surface area contributed by atoms with Crippen LogP contribution in [0.1, 0.15) is 36.2 Å². The van der Waals surface area contributed by atoms with Crippen molar-refractivity contribution < 1.29 is 19.2 Å². The number of aromatic nitrogens is 1. The first-order valence-corrected chi connectivity index (χ1v) is 5.61. The summed E-state index contributed by atoms with van der Waals surface area (Å²) in [6.45, 7) is 0. The van der Waals surface area contributed by atoms with Crippen LogP contribution in [0.15, 0.2) is 16.9 Å². The number of carboxylic acids is 1. The van der Waals surface area contributed by atoms with Crippen molar-refractivity contribution in [3.63, 3.8) is 0 Å². The molecule has 0 radical (unpaired) electrons. The second-order valence-electron chi connectivity index (χ2n) is 4.24. The van der Waals surface area contributed by atoms with Gasteiger partial charge in [0.2, 0.25) is 0 Å². The van der Waals surface area contributed by atoms with E-state index in [9.17, 15) is 9.59 Å². The Morgan fingerprint density at radius 2 is 2.06 bits per heavy atom. The Labute approximate surface area is 98.0 Å². The molecule has 0 atom stereocenters. The first kappa shape index (κ1) is 11.6. The lowest BCUT2D eigenvalue weighted by atomic mass is 9.86.